The maximum Gasteiger partial charge on any atom is 0.329 e. The van der Waals surface area contributed by atoms with Gasteiger partial charge in [-0.05, 0) is 57.4 Å². The van der Waals surface area contributed by atoms with Gasteiger partial charge in [0.15, 0.2) is 6.10 Å². The summed E-state index contributed by atoms with van der Waals surface area (Å²) in [4.78, 5) is 39.3. The molecule has 1 aliphatic rings. The van der Waals surface area contributed by atoms with Crippen LogP contribution < -0.4 is 10.2 Å². The molecule has 6 heteroatoms. The number of benzene rings is 2. The Morgan fingerprint density at radius 1 is 1.07 bits per heavy atom. The molecule has 2 aromatic carbocycles. The molecule has 6 nitrogen and oxygen atoms in total. The number of hydrogen-bond donors (Lipinski definition) is 1. The lowest BCUT2D eigenvalue weighted by Crippen LogP contribution is -2.46. The Hall–Kier alpha value is -3.15. The van der Waals surface area contributed by atoms with Gasteiger partial charge in [-0.15, -0.1) is 0 Å². The zero-order valence-corrected chi connectivity index (χ0v) is 17.0. The molecule has 1 N–H and O–H groups in total. The molecule has 152 valence electrons. The van der Waals surface area contributed by atoms with Crippen molar-refractivity contribution in [2.75, 3.05) is 11.4 Å². The summed E-state index contributed by atoms with van der Waals surface area (Å²) in [6.07, 6.45) is 0.856. The normalized spacial score (nSPS) is 15.1. The van der Waals surface area contributed by atoms with Crippen molar-refractivity contribution in [2.45, 2.75) is 45.8 Å². The largest absolute Gasteiger partial charge is 0.451 e. The average molecular weight is 394 g/mol. The van der Waals surface area contributed by atoms with Gasteiger partial charge >= 0.3 is 5.97 Å². The average Bonchev–Trinajstić information content (AvgIpc) is 2.72. The number of carbonyl (C=O) groups excluding carboxylic acids is 3. The van der Waals surface area contributed by atoms with Gasteiger partial charge in [0.2, 0.25) is 0 Å². The minimum Gasteiger partial charge on any atom is -0.451 e. The van der Waals surface area contributed by atoms with Gasteiger partial charge in [0.05, 0.1) is 0 Å². The van der Waals surface area contributed by atoms with Crippen molar-refractivity contribution in [1.82, 2.24) is 5.32 Å². The van der Waals surface area contributed by atoms with E-state index >= 15 is 0 Å². The highest BCUT2D eigenvalue weighted by atomic mass is 16.5. The van der Waals surface area contributed by atoms with E-state index in [9.17, 15) is 14.4 Å². The molecule has 1 aliphatic heterocycles. The Kier molecular flexibility index (Phi) is 6.32. The molecular formula is C23H26N2O4. The van der Waals surface area contributed by atoms with Crippen LogP contribution in [0.25, 0.3) is 0 Å². The van der Waals surface area contributed by atoms with Crippen molar-refractivity contribution < 1.29 is 19.1 Å². The highest BCUT2D eigenvalue weighted by Crippen LogP contribution is 2.27. The molecule has 29 heavy (non-hydrogen) atoms. The number of aryl methyl sites for hydroxylation is 2. The molecule has 0 spiro atoms. The fraction of sp³-hybridized carbons (Fsp3) is 0.348. The third-order valence-corrected chi connectivity index (χ3v) is 5.00. The second-order valence-corrected chi connectivity index (χ2v) is 7.37. The van der Waals surface area contributed by atoms with Gasteiger partial charge in [0, 0.05) is 17.8 Å². The SMILES string of the molecule is Cc1cccc(C(=O)N[C@@H](C)C(=O)O[C@H](C)C(=O)N2CCCc3ccccc32)c1. The van der Waals surface area contributed by atoms with Crippen LogP contribution in [0.3, 0.4) is 0 Å². The summed E-state index contributed by atoms with van der Waals surface area (Å²) < 4.78 is 5.36. The van der Waals surface area contributed by atoms with Crippen LogP contribution in [0.4, 0.5) is 5.69 Å². The van der Waals surface area contributed by atoms with E-state index in [4.69, 9.17) is 4.74 Å². The van der Waals surface area contributed by atoms with E-state index < -0.39 is 18.1 Å². The Labute approximate surface area is 170 Å². The molecule has 0 unspecified atom stereocenters. The first kappa shape index (κ1) is 20.6. The number of rotatable bonds is 5. The molecule has 0 saturated carbocycles. The number of hydrogen-bond acceptors (Lipinski definition) is 4. The van der Waals surface area contributed by atoms with Gasteiger partial charge in [-0.1, -0.05) is 35.9 Å². The summed E-state index contributed by atoms with van der Waals surface area (Å²) in [7, 11) is 0. The van der Waals surface area contributed by atoms with Gasteiger partial charge in [-0.3, -0.25) is 9.59 Å². The zero-order chi connectivity index (χ0) is 21.0. The highest BCUT2D eigenvalue weighted by molar-refractivity contribution is 5.99. The summed E-state index contributed by atoms with van der Waals surface area (Å²) in [5, 5.41) is 2.62. The number of esters is 1. The van der Waals surface area contributed by atoms with E-state index in [2.05, 4.69) is 5.32 Å². The lowest BCUT2D eigenvalue weighted by atomic mass is 10.0. The topological polar surface area (TPSA) is 75.7 Å². The third kappa shape index (κ3) is 4.83. The van der Waals surface area contributed by atoms with E-state index in [-0.39, 0.29) is 11.8 Å². The summed E-state index contributed by atoms with van der Waals surface area (Å²) in [6.45, 7) is 5.59. The first-order valence-corrected chi connectivity index (χ1v) is 9.84. The lowest BCUT2D eigenvalue weighted by Gasteiger charge is -2.31. The predicted octanol–water partition coefficient (Wildman–Crippen LogP) is 3.02. The summed E-state index contributed by atoms with van der Waals surface area (Å²) in [5.74, 6) is -1.26. The standard InChI is InChI=1S/C23H26N2O4/c1-15-8-6-10-19(14-15)21(26)24-16(2)23(28)29-17(3)22(27)25-13-7-11-18-9-4-5-12-20(18)25/h4-6,8-10,12,14,16-17H,7,11,13H2,1-3H3,(H,24,26)/t16-,17+/m0/s1. The fourth-order valence-electron chi connectivity index (χ4n) is 3.43. The van der Waals surface area contributed by atoms with E-state index in [1.807, 2.05) is 37.3 Å². The molecule has 0 bridgehead atoms. The van der Waals surface area contributed by atoms with Crippen molar-refractivity contribution in [1.29, 1.82) is 0 Å². The molecular weight excluding hydrogens is 368 g/mol. The molecule has 2 atom stereocenters. The Morgan fingerprint density at radius 3 is 2.59 bits per heavy atom. The van der Waals surface area contributed by atoms with Crippen molar-refractivity contribution in [3.63, 3.8) is 0 Å². The minimum atomic E-state index is -0.938. The number of anilines is 1. The molecule has 2 aromatic rings. The van der Waals surface area contributed by atoms with Crippen LogP contribution in [0.15, 0.2) is 48.5 Å². The predicted molar refractivity (Wildman–Crippen MR) is 111 cm³/mol. The highest BCUT2D eigenvalue weighted by Gasteiger charge is 2.29. The van der Waals surface area contributed by atoms with Gasteiger partial charge in [-0.25, -0.2) is 4.79 Å². The maximum atomic E-state index is 12.9. The van der Waals surface area contributed by atoms with E-state index in [1.165, 1.54) is 0 Å². The van der Waals surface area contributed by atoms with Crippen LogP contribution >= 0.6 is 0 Å². The fourth-order valence-corrected chi connectivity index (χ4v) is 3.43. The molecule has 3 rings (SSSR count). The summed E-state index contributed by atoms with van der Waals surface area (Å²) in [5.41, 5.74) is 3.41. The van der Waals surface area contributed by atoms with Crippen LogP contribution in [-0.4, -0.2) is 36.5 Å². The number of nitrogens with zero attached hydrogens (tertiary/aromatic N) is 1. The molecule has 0 aliphatic carbocycles. The first-order chi connectivity index (χ1) is 13.9. The lowest BCUT2D eigenvalue weighted by molar-refractivity contribution is -0.155. The second kappa shape index (κ2) is 8.90. The first-order valence-electron chi connectivity index (χ1n) is 9.84. The minimum absolute atomic E-state index is 0.261. The molecule has 1 heterocycles. The molecule has 0 saturated heterocycles. The van der Waals surface area contributed by atoms with Gasteiger partial charge < -0.3 is 15.0 Å². The van der Waals surface area contributed by atoms with Crippen LogP contribution in [0.5, 0.6) is 0 Å². The van der Waals surface area contributed by atoms with Crippen molar-refractivity contribution in [3.8, 4) is 0 Å². The Bertz CT molecular complexity index is 925. The zero-order valence-electron chi connectivity index (χ0n) is 17.0. The van der Waals surface area contributed by atoms with E-state index in [0.717, 1.165) is 29.7 Å². The number of para-hydroxylation sites is 1. The van der Waals surface area contributed by atoms with Crippen LogP contribution in [0, 0.1) is 6.92 Å². The summed E-state index contributed by atoms with van der Waals surface area (Å²) in [6, 6.07) is 14.0. The van der Waals surface area contributed by atoms with E-state index in [1.54, 1.807) is 36.9 Å². The number of amides is 2. The molecule has 0 aromatic heterocycles. The van der Waals surface area contributed by atoms with Crippen LogP contribution in [0.1, 0.15) is 41.8 Å². The Balaban J connectivity index is 1.60. The summed E-state index contributed by atoms with van der Waals surface area (Å²) >= 11 is 0. The van der Waals surface area contributed by atoms with Gasteiger partial charge in [0.1, 0.15) is 6.04 Å². The van der Waals surface area contributed by atoms with Crippen LogP contribution in [-0.2, 0) is 20.7 Å². The smallest absolute Gasteiger partial charge is 0.329 e. The van der Waals surface area contributed by atoms with Crippen LogP contribution in [0.2, 0.25) is 0 Å². The van der Waals surface area contributed by atoms with Crippen molar-refractivity contribution in [3.05, 3.63) is 65.2 Å². The molecule has 0 radical (unpaired) electrons. The quantitative estimate of drug-likeness (QED) is 0.791. The number of ether oxygens (including phenoxy) is 1. The van der Waals surface area contributed by atoms with E-state index in [0.29, 0.717) is 12.1 Å². The molecule has 2 amide bonds. The molecule has 0 fully saturated rings. The van der Waals surface area contributed by atoms with Gasteiger partial charge in [-0.2, -0.15) is 0 Å². The third-order valence-electron chi connectivity index (χ3n) is 5.00. The van der Waals surface area contributed by atoms with Crippen molar-refractivity contribution >= 4 is 23.5 Å². The van der Waals surface area contributed by atoms with Gasteiger partial charge in [0.25, 0.3) is 11.8 Å². The maximum absolute atomic E-state index is 12.9. The Morgan fingerprint density at radius 2 is 1.83 bits per heavy atom. The monoisotopic (exact) mass is 394 g/mol. The number of nitrogens with one attached hydrogen (secondary N) is 1. The number of carbonyl (C=O) groups is 3. The second-order valence-electron chi connectivity index (χ2n) is 7.37. The number of fused-ring (bicyclic) bond motifs is 1. The van der Waals surface area contributed by atoms with Crippen molar-refractivity contribution in [2.24, 2.45) is 0 Å².